The molecule has 140 valence electrons. The number of aromatic nitrogens is 1. The Balaban J connectivity index is 0.000000552. The summed E-state index contributed by atoms with van der Waals surface area (Å²) in [6.07, 6.45) is 5.85. The van der Waals surface area contributed by atoms with E-state index in [4.69, 9.17) is 11.6 Å². The second-order valence-electron chi connectivity index (χ2n) is 6.54. The average Bonchev–Trinajstić information content (AvgIpc) is 2.70. The first-order valence-electron chi connectivity index (χ1n) is 9.29. The van der Waals surface area contributed by atoms with Crippen molar-refractivity contribution in [2.24, 2.45) is 0 Å². The number of likely N-dealkylation sites (tertiary alicyclic amines) is 1. The molecule has 1 aromatic carbocycles. The number of rotatable bonds is 3. The van der Waals surface area contributed by atoms with Gasteiger partial charge in [0.15, 0.2) is 0 Å². The molecular formula is C21H27ClN2O2. The minimum absolute atomic E-state index is 0.116. The number of benzene rings is 1. The van der Waals surface area contributed by atoms with Crippen LogP contribution in [0.2, 0.25) is 5.02 Å². The van der Waals surface area contributed by atoms with Crippen LogP contribution in [-0.4, -0.2) is 28.9 Å². The van der Waals surface area contributed by atoms with E-state index in [0.717, 1.165) is 12.8 Å². The summed E-state index contributed by atoms with van der Waals surface area (Å²) >= 11 is 5.86. The summed E-state index contributed by atoms with van der Waals surface area (Å²) < 4.78 is 0. The van der Waals surface area contributed by atoms with Gasteiger partial charge in [0.25, 0.3) is 11.5 Å². The highest BCUT2D eigenvalue weighted by molar-refractivity contribution is 6.30. The fraction of sp³-hybridized carbons (Fsp3) is 0.429. The number of nitrogens with one attached hydrogen (secondary N) is 1. The molecule has 0 saturated carbocycles. The van der Waals surface area contributed by atoms with Crippen LogP contribution < -0.4 is 5.56 Å². The first-order chi connectivity index (χ1) is 12.6. The van der Waals surface area contributed by atoms with Crippen molar-refractivity contribution in [1.82, 2.24) is 9.88 Å². The molecule has 2 aromatic rings. The van der Waals surface area contributed by atoms with Gasteiger partial charge in [-0.25, -0.2) is 0 Å². The molecule has 0 atom stereocenters. The summed E-state index contributed by atoms with van der Waals surface area (Å²) in [6.45, 7) is 5.68. The quantitative estimate of drug-likeness (QED) is 0.834. The van der Waals surface area contributed by atoms with Crippen LogP contribution in [0.25, 0.3) is 0 Å². The van der Waals surface area contributed by atoms with E-state index in [1.807, 2.05) is 18.2 Å². The highest BCUT2D eigenvalue weighted by atomic mass is 35.5. The molecule has 1 fully saturated rings. The van der Waals surface area contributed by atoms with Gasteiger partial charge in [-0.15, -0.1) is 0 Å². The molecule has 1 aliphatic rings. The smallest absolute Gasteiger partial charge is 0.260 e. The highest BCUT2D eigenvalue weighted by Crippen LogP contribution is 2.28. The van der Waals surface area contributed by atoms with Crippen molar-refractivity contribution in [2.75, 3.05) is 13.1 Å². The SMILES string of the molecule is CCCC.O=C(c1cc(Cl)c[nH]c1=O)N1CCC(c2ccccc2)CC1. The number of pyridine rings is 1. The van der Waals surface area contributed by atoms with Crippen molar-refractivity contribution < 1.29 is 4.79 Å². The molecule has 0 spiro atoms. The number of carbonyl (C=O) groups excluding carboxylic acids is 1. The van der Waals surface area contributed by atoms with Gasteiger partial charge in [0, 0.05) is 19.3 Å². The number of hydrogen-bond acceptors (Lipinski definition) is 2. The standard InChI is InChI=1S/C17H17ClN2O2.C4H10/c18-14-10-15(16(21)19-11-14)17(22)20-8-6-13(7-9-20)12-4-2-1-3-5-12;1-3-4-2/h1-5,10-11,13H,6-9H2,(H,19,21);3-4H2,1-2H3. The van der Waals surface area contributed by atoms with Crippen molar-refractivity contribution in [1.29, 1.82) is 0 Å². The van der Waals surface area contributed by atoms with E-state index in [2.05, 4.69) is 31.0 Å². The molecule has 3 rings (SSSR count). The summed E-state index contributed by atoms with van der Waals surface area (Å²) in [5, 5.41) is 0.363. The summed E-state index contributed by atoms with van der Waals surface area (Å²) in [6, 6.07) is 11.8. The molecule has 1 aliphatic heterocycles. The van der Waals surface area contributed by atoms with Crippen LogP contribution in [0.3, 0.4) is 0 Å². The molecule has 4 nitrogen and oxygen atoms in total. The number of H-pyrrole nitrogens is 1. The lowest BCUT2D eigenvalue weighted by Crippen LogP contribution is -2.40. The van der Waals surface area contributed by atoms with Crippen LogP contribution in [-0.2, 0) is 0 Å². The Hall–Kier alpha value is -2.07. The Kier molecular flexibility index (Phi) is 7.92. The fourth-order valence-corrected chi connectivity index (χ4v) is 3.09. The van der Waals surface area contributed by atoms with Gasteiger partial charge < -0.3 is 9.88 Å². The van der Waals surface area contributed by atoms with Gasteiger partial charge in [-0.1, -0.05) is 68.6 Å². The maximum Gasteiger partial charge on any atom is 0.260 e. The van der Waals surface area contributed by atoms with Gasteiger partial charge >= 0.3 is 0 Å². The second kappa shape index (κ2) is 10.2. The third-order valence-electron chi connectivity index (χ3n) is 4.65. The molecule has 1 aromatic heterocycles. The first-order valence-corrected chi connectivity index (χ1v) is 9.67. The third kappa shape index (κ3) is 5.46. The maximum atomic E-state index is 12.5. The van der Waals surface area contributed by atoms with Gasteiger partial charge in [-0.2, -0.15) is 0 Å². The summed E-state index contributed by atoms with van der Waals surface area (Å²) in [4.78, 5) is 28.5. The Morgan fingerprint density at radius 3 is 2.35 bits per heavy atom. The molecule has 1 N–H and O–H groups in total. The lowest BCUT2D eigenvalue weighted by atomic mass is 9.89. The van der Waals surface area contributed by atoms with Crippen LogP contribution in [0.4, 0.5) is 0 Å². The number of unbranched alkanes of at least 4 members (excludes halogenated alkanes) is 1. The van der Waals surface area contributed by atoms with E-state index in [0.29, 0.717) is 24.0 Å². The van der Waals surface area contributed by atoms with Crippen LogP contribution >= 0.6 is 11.6 Å². The summed E-state index contributed by atoms with van der Waals surface area (Å²) in [5.41, 5.74) is 1.04. The first kappa shape index (κ1) is 20.2. The molecule has 1 saturated heterocycles. The number of aromatic amines is 1. The van der Waals surface area contributed by atoms with Crippen molar-refractivity contribution in [2.45, 2.75) is 45.4 Å². The lowest BCUT2D eigenvalue weighted by Gasteiger charge is -2.32. The van der Waals surface area contributed by atoms with E-state index in [9.17, 15) is 9.59 Å². The molecule has 1 amide bonds. The number of hydrogen-bond donors (Lipinski definition) is 1. The zero-order valence-electron chi connectivity index (χ0n) is 15.5. The van der Waals surface area contributed by atoms with Crippen molar-refractivity contribution in [3.8, 4) is 0 Å². The minimum Gasteiger partial charge on any atom is -0.338 e. The Morgan fingerprint density at radius 1 is 1.15 bits per heavy atom. The number of carbonyl (C=O) groups is 1. The third-order valence-corrected chi connectivity index (χ3v) is 4.87. The predicted molar refractivity (Wildman–Crippen MR) is 107 cm³/mol. The van der Waals surface area contributed by atoms with Crippen LogP contribution in [0, 0.1) is 0 Å². The Morgan fingerprint density at radius 2 is 1.77 bits per heavy atom. The maximum absolute atomic E-state index is 12.5. The van der Waals surface area contributed by atoms with Crippen molar-refractivity contribution >= 4 is 17.5 Å². The summed E-state index contributed by atoms with van der Waals surface area (Å²) in [5.74, 6) is 0.234. The zero-order valence-corrected chi connectivity index (χ0v) is 16.3. The Labute approximate surface area is 160 Å². The van der Waals surface area contributed by atoms with Crippen molar-refractivity contribution in [3.05, 3.63) is 69.1 Å². The summed E-state index contributed by atoms with van der Waals surface area (Å²) in [7, 11) is 0. The molecular weight excluding hydrogens is 348 g/mol. The van der Waals surface area contributed by atoms with Gasteiger partial charge in [-0.3, -0.25) is 9.59 Å². The highest BCUT2D eigenvalue weighted by Gasteiger charge is 2.25. The monoisotopic (exact) mass is 374 g/mol. The van der Waals surface area contributed by atoms with E-state index < -0.39 is 0 Å². The zero-order chi connectivity index (χ0) is 18.9. The van der Waals surface area contributed by atoms with Gasteiger partial charge in [0.05, 0.1) is 5.02 Å². The molecule has 2 heterocycles. The van der Waals surface area contributed by atoms with Gasteiger partial charge in [0.2, 0.25) is 0 Å². The molecule has 5 heteroatoms. The van der Waals surface area contributed by atoms with Crippen LogP contribution in [0.15, 0.2) is 47.4 Å². The predicted octanol–water partition coefficient (Wildman–Crippen LogP) is 4.85. The normalized spacial score (nSPS) is 14.5. The molecule has 0 bridgehead atoms. The van der Waals surface area contributed by atoms with E-state index in [1.54, 1.807) is 4.90 Å². The van der Waals surface area contributed by atoms with Gasteiger partial charge in [0.1, 0.15) is 5.56 Å². The van der Waals surface area contributed by atoms with E-state index in [-0.39, 0.29) is 17.0 Å². The number of amides is 1. The number of halogens is 1. The lowest BCUT2D eigenvalue weighted by molar-refractivity contribution is 0.0711. The Bertz CT molecular complexity index is 748. The number of nitrogens with zero attached hydrogens (tertiary/aromatic N) is 1. The minimum atomic E-state index is -0.389. The average molecular weight is 375 g/mol. The number of piperidine rings is 1. The molecule has 0 aliphatic carbocycles. The fourth-order valence-electron chi connectivity index (χ4n) is 2.93. The van der Waals surface area contributed by atoms with Crippen LogP contribution in [0.5, 0.6) is 0 Å². The van der Waals surface area contributed by atoms with Gasteiger partial charge in [-0.05, 0) is 30.4 Å². The second-order valence-corrected chi connectivity index (χ2v) is 6.97. The molecule has 0 radical (unpaired) electrons. The van der Waals surface area contributed by atoms with Crippen molar-refractivity contribution in [3.63, 3.8) is 0 Å². The molecule has 26 heavy (non-hydrogen) atoms. The molecule has 0 unspecified atom stereocenters. The topological polar surface area (TPSA) is 53.2 Å². The van der Waals surface area contributed by atoms with E-state index in [1.165, 1.54) is 30.7 Å². The van der Waals surface area contributed by atoms with Crippen LogP contribution in [0.1, 0.15) is 61.4 Å². The largest absolute Gasteiger partial charge is 0.338 e. The van der Waals surface area contributed by atoms with E-state index >= 15 is 0 Å².